The number of carboxylic acids is 1. The Hall–Kier alpha value is -5.91. The third kappa shape index (κ3) is 14.7. The molecule has 4 rings (SSSR count). The molecule has 0 bridgehead atoms. The van der Waals surface area contributed by atoms with Gasteiger partial charge in [-0.25, -0.2) is 4.79 Å². The molecule has 0 radical (unpaired) electrons. The molecule has 1 heterocycles. The number of para-hydroxylation sites is 1. The van der Waals surface area contributed by atoms with E-state index in [1.54, 1.807) is 32.2 Å². The number of aliphatic carboxylic acids is 1. The summed E-state index contributed by atoms with van der Waals surface area (Å²) < 4.78 is 0. The predicted octanol–water partition coefficient (Wildman–Crippen LogP) is 1.84. The van der Waals surface area contributed by atoms with Crippen molar-refractivity contribution in [1.29, 1.82) is 0 Å². The Morgan fingerprint density at radius 1 is 0.656 bits per heavy atom. The Labute approximate surface area is 360 Å². The molecule has 0 fully saturated rings. The number of carboxylic acid groups (broad SMARTS) is 1. The highest BCUT2D eigenvalue weighted by Crippen LogP contribution is 2.20. The first-order valence-corrected chi connectivity index (χ1v) is 21.0. The topological polar surface area (TPSA) is 271 Å². The lowest BCUT2D eigenvalue weighted by atomic mass is 9.99. The minimum absolute atomic E-state index is 0.0116. The molecule has 1 aromatic heterocycles. The van der Waals surface area contributed by atoms with Crippen molar-refractivity contribution in [3.05, 3.63) is 102 Å². The van der Waals surface area contributed by atoms with Gasteiger partial charge in [0.25, 0.3) is 0 Å². The van der Waals surface area contributed by atoms with Gasteiger partial charge < -0.3 is 53.2 Å². The first kappa shape index (κ1) is 47.8. The zero-order valence-corrected chi connectivity index (χ0v) is 35.3. The summed E-state index contributed by atoms with van der Waals surface area (Å²) in [6.45, 7) is 3.70. The number of thiol groups is 1. The van der Waals surface area contributed by atoms with Gasteiger partial charge in [0.15, 0.2) is 0 Å². The van der Waals surface area contributed by atoms with Gasteiger partial charge in [0.05, 0.1) is 6.04 Å². The van der Waals surface area contributed by atoms with Crippen molar-refractivity contribution in [3.8, 4) is 5.75 Å². The van der Waals surface area contributed by atoms with E-state index in [1.165, 1.54) is 12.1 Å². The van der Waals surface area contributed by atoms with Crippen LogP contribution in [0, 0.1) is 5.92 Å². The van der Waals surface area contributed by atoms with Crippen LogP contribution in [-0.2, 0) is 48.0 Å². The van der Waals surface area contributed by atoms with Gasteiger partial charge in [0.2, 0.25) is 29.5 Å². The van der Waals surface area contributed by atoms with Crippen molar-refractivity contribution in [2.75, 3.05) is 12.3 Å². The number of carbonyl (C=O) groups is 6. The average Bonchev–Trinajstić information content (AvgIpc) is 3.64. The number of nitrogens with one attached hydrogen (secondary N) is 6. The molecule has 0 aliphatic heterocycles. The van der Waals surface area contributed by atoms with E-state index < -0.39 is 77.7 Å². The first-order valence-electron chi connectivity index (χ1n) is 20.4. The summed E-state index contributed by atoms with van der Waals surface area (Å²) >= 11 is 4.09. The van der Waals surface area contributed by atoms with Crippen molar-refractivity contribution in [1.82, 2.24) is 31.6 Å². The summed E-state index contributed by atoms with van der Waals surface area (Å²) in [5.74, 6) is -4.92. The Balaban J connectivity index is 1.63. The highest BCUT2D eigenvalue weighted by atomic mass is 32.1. The second kappa shape index (κ2) is 23.8. The van der Waals surface area contributed by atoms with Crippen molar-refractivity contribution in [3.63, 3.8) is 0 Å². The number of benzene rings is 3. The number of aromatic hydroxyl groups is 1. The van der Waals surface area contributed by atoms with Gasteiger partial charge in [0, 0.05) is 29.9 Å². The van der Waals surface area contributed by atoms with Crippen LogP contribution in [0.25, 0.3) is 10.9 Å². The number of hydrogen-bond acceptors (Lipinski definition) is 10. The van der Waals surface area contributed by atoms with Crippen molar-refractivity contribution in [2.45, 2.75) is 95.0 Å². The van der Waals surface area contributed by atoms with Crippen LogP contribution in [-0.4, -0.2) is 99.3 Å². The highest BCUT2D eigenvalue weighted by Gasteiger charge is 2.34. The summed E-state index contributed by atoms with van der Waals surface area (Å²) in [6.07, 6.45) is 3.04. The molecule has 3 aromatic carbocycles. The third-order valence-electron chi connectivity index (χ3n) is 10.2. The van der Waals surface area contributed by atoms with E-state index in [1.807, 2.05) is 54.6 Å². The van der Waals surface area contributed by atoms with E-state index in [2.05, 4.69) is 44.2 Å². The number of unbranched alkanes of at least 4 members (excludes halogenated alkanes) is 1. The Kier molecular flexibility index (Phi) is 18.6. The number of hydrogen-bond donors (Lipinski definition) is 11. The molecule has 328 valence electrons. The molecule has 61 heavy (non-hydrogen) atoms. The maximum Gasteiger partial charge on any atom is 0.326 e. The summed E-state index contributed by atoms with van der Waals surface area (Å²) in [6, 6.07) is 15.7. The zero-order valence-electron chi connectivity index (χ0n) is 34.4. The molecule has 6 atom stereocenters. The fourth-order valence-electron chi connectivity index (χ4n) is 6.79. The number of fused-ring (bicyclic) bond motifs is 1. The summed E-state index contributed by atoms with van der Waals surface area (Å²) in [4.78, 5) is 84.6. The monoisotopic (exact) mass is 858 g/mol. The van der Waals surface area contributed by atoms with Crippen molar-refractivity contribution in [2.24, 2.45) is 17.4 Å². The number of nitrogens with two attached hydrogens (primary N) is 2. The standard InChI is InChI=1S/C44H58N8O8S/c1-26(2)38(43(58)49-35(19-21-61)44(59)60)52-40(55)34(14-8-9-20-45)48-42(57)37(24-29-25-47-33-13-7-6-12-31(29)33)51-41(56)36(23-28-15-17-30(53)18-16-28)50-39(54)32(46)22-27-10-4-3-5-11-27/h3-7,10-13,15-18,25-26,32,34-38,47,53,61H,8-9,14,19-24,45-46H2,1-2H3,(H,48,57)(H,49,58)(H,50,54)(H,51,56)(H,52,55)(H,59,60)/t32-,34+,35+,36-,37-,38+/m1/s1. The van der Waals surface area contributed by atoms with Gasteiger partial charge in [-0.15, -0.1) is 0 Å². The van der Waals surface area contributed by atoms with E-state index in [0.717, 1.165) is 16.5 Å². The lowest BCUT2D eigenvalue weighted by molar-refractivity contribution is -0.142. The van der Waals surface area contributed by atoms with Crippen LogP contribution in [0.3, 0.4) is 0 Å². The molecular weight excluding hydrogens is 801 g/mol. The van der Waals surface area contributed by atoms with E-state index in [9.17, 15) is 39.0 Å². The largest absolute Gasteiger partial charge is 0.508 e. The second-order valence-electron chi connectivity index (χ2n) is 15.3. The van der Waals surface area contributed by atoms with Gasteiger partial charge in [-0.2, -0.15) is 12.6 Å². The molecule has 0 spiro atoms. The Morgan fingerprint density at radius 3 is 1.87 bits per heavy atom. The van der Waals surface area contributed by atoms with E-state index in [-0.39, 0.29) is 43.6 Å². The molecule has 17 heteroatoms. The average molecular weight is 859 g/mol. The van der Waals surface area contributed by atoms with Crippen LogP contribution in [0.1, 0.15) is 56.2 Å². The van der Waals surface area contributed by atoms with Crippen LogP contribution in [0.4, 0.5) is 0 Å². The van der Waals surface area contributed by atoms with Crippen LogP contribution >= 0.6 is 12.6 Å². The quantitative estimate of drug-likeness (QED) is 0.0360. The molecule has 0 unspecified atom stereocenters. The van der Waals surface area contributed by atoms with Crippen molar-refractivity contribution < 1.29 is 39.0 Å². The van der Waals surface area contributed by atoms with Gasteiger partial charge in [-0.1, -0.05) is 74.5 Å². The van der Waals surface area contributed by atoms with Crippen LogP contribution < -0.4 is 38.1 Å². The number of aromatic nitrogens is 1. The van der Waals surface area contributed by atoms with E-state index in [0.29, 0.717) is 30.5 Å². The Morgan fingerprint density at radius 2 is 1.23 bits per heavy atom. The van der Waals surface area contributed by atoms with Gasteiger partial charge in [0.1, 0.15) is 36.0 Å². The molecule has 4 aromatic rings. The molecule has 16 nitrogen and oxygen atoms in total. The molecular formula is C44H58N8O8S. The molecule has 0 aliphatic rings. The molecule has 0 saturated carbocycles. The SMILES string of the molecule is CC(C)[C@H](NC(=O)[C@H](CCCCN)NC(=O)[C@@H](Cc1c[nH]c2ccccc12)NC(=O)[C@@H](Cc1ccc(O)cc1)NC(=O)[C@H](N)Cc1ccccc1)C(=O)N[C@@H](CCS)C(=O)O. The minimum atomic E-state index is -1.28. The first-order chi connectivity index (χ1) is 29.2. The lowest BCUT2D eigenvalue weighted by Crippen LogP contribution is -2.60. The Bertz CT molecular complexity index is 2080. The smallest absolute Gasteiger partial charge is 0.326 e. The fourth-order valence-corrected chi connectivity index (χ4v) is 7.05. The summed E-state index contributed by atoms with van der Waals surface area (Å²) in [5, 5.41) is 33.9. The molecule has 5 amide bonds. The summed E-state index contributed by atoms with van der Waals surface area (Å²) in [7, 11) is 0. The molecule has 12 N–H and O–H groups in total. The normalized spacial score (nSPS) is 14.2. The molecule has 0 saturated heterocycles. The highest BCUT2D eigenvalue weighted by molar-refractivity contribution is 7.80. The zero-order chi connectivity index (χ0) is 44.5. The summed E-state index contributed by atoms with van der Waals surface area (Å²) in [5.41, 5.74) is 15.0. The number of aromatic amines is 1. The number of carbonyl (C=O) groups excluding carboxylic acids is 5. The van der Waals surface area contributed by atoms with E-state index >= 15 is 0 Å². The van der Waals surface area contributed by atoms with Crippen LogP contribution in [0.2, 0.25) is 0 Å². The van der Waals surface area contributed by atoms with Gasteiger partial charge in [-0.3, -0.25) is 24.0 Å². The lowest BCUT2D eigenvalue weighted by Gasteiger charge is -2.28. The number of rotatable bonds is 24. The van der Waals surface area contributed by atoms with E-state index in [4.69, 9.17) is 11.5 Å². The van der Waals surface area contributed by atoms with Crippen LogP contribution in [0.5, 0.6) is 5.75 Å². The number of phenols is 1. The predicted molar refractivity (Wildman–Crippen MR) is 235 cm³/mol. The number of phenolic OH excluding ortho intramolecular Hbond substituents is 1. The van der Waals surface area contributed by atoms with Crippen molar-refractivity contribution >= 4 is 59.0 Å². The number of H-pyrrole nitrogens is 1. The maximum atomic E-state index is 14.5. The minimum Gasteiger partial charge on any atom is -0.508 e. The fraction of sp³-hybridized carbons (Fsp3) is 0.409. The van der Waals surface area contributed by atoms with Gasteiger partial charge in [-0.05, 0) is 85.2 Å². The number of amides is 5. The van der Waals surface area contributed by atoms with Gasteiger partial charge >= 0.3 is 5.97 Å². The second-order valence-corrected chi connectivity index (χ2v) is 15.8. The third-order valence-corrected chi connectivity index (χ3v) is 10.5. The van der Waals surface area contributed by atoms with Crippen LogP contribution in [0.15, 0.2) is 85.1 Å². The maximum absolute atomic E-state index is 14.5. The molecule has 0 aliphatic carbocycles.